The molecule has 0 spiro atoms. The van der Waals surface area contributed by atoms with Gasteiger partial charge in [0.05, 0.1) is 23.9 Å². The number of methoxy groups -OCH3 is 1. The first-order valence-corrected chi connectivity index (χ1v) is 9.79. The van der Waals surface area contributed by atoms with E-state index < -0.39 is 0 Å². The number of carbonyl (C=O) groups excluding carboxylic acids is 1. The molecular formula is C21H20BrN3O4. The fraction of sp³-hybridized carbons (Fsp3) is 0.190. The molecule has 1 amide bonds. The fourth-order valence-electron chi connectivity index (χ4n) is 2.66. The average molecular weight is 458 g/mol. The summed E-state index contributed by atoms with van der Waals surface area (Å²) in [4.78, 5) is 23.9. The van der Waals surface area contributed by atoms with Crippen LogP contribution in [0.25, 0.3) is 11.3 Å². The predicted molar refractivity (Wildman–Crippen MR) is 115 cm³/mol. The lowest BCUT2D eigenvalue weighted by Crippen LogP contribution is -2.12. The number of H-pyrrole nitrogens is 1. The van der Waals surface area contributed by atoms with E-state index in [0.29, 0.717) is 39.5 Å². The lowest BCUT2D eigenvalue weighted by molar-refractivity contribution is 0.102. The summed E-state index contributed by atoms with van der Waals surface area (Å²) in [6, 6.07) is 13.6. The van der Waals surface area contributed by atoms with Crippen LogP contribution in [0, 0.1) is 0 Å². The predicted octanol–water partition coefficient (Wildman–Crippen LogP) is 4.25. The molecule has 7 nitrogen and oxygen atoms in total. The number of rotatable bonds is 7. The number of aromatic amines is 1. The molecule has 1 heterocycles. The van der Waals surface area contributed by atoms with Gasteiger partial charge in [0, 0.05) is 22.9 Å². The summed E-state index contributed by atoms with van der Waals surface area (Å²) >= 11 is 3.45. The second-order valence-electron chi connectivity index (χ2n) is 6.18. The van der Waals surface area contributed by atoms with Gasteiger partial charge < -0.3 is 14.8 Å². The number of carbonyl (C=O) groups is 1. The maximum Gasteiger partial charge on any atom is 0.264 e. The van der Waals surface area contributed by atoms with Crippen molar-refractivity contribution in [3.05, 3.63) is 68.9 Å². The molecule has 1 aromatic heterocycles. The Morgan fingerprint density at radius 2 is 2.03 bits per heavy atom. The van der Waals surface area contributed by atoms with E-state index in [1.54, 1.807) is 36.4 Å². The van der Waals surface area contributed by atoms with Crippen molar-refractivity contribution in [1.82, 2.24) is 10.2 Å². The van der Waals surface area contributed by atoms with E-state index in [0.717, 1.165) is 12.0 Å². The van der Waals surface area contributed by atoms with Crippen LogP contribution in [0.15, 0.2) is 57.8 Å². The largest absolute Gasteiger partial charge is 0.493 e. The molecule has 0 radical (unpaired) electrons. The molecule has 0 fully saturated rings. The number of hydrogen-bond donors (Lipinski definition) is 2. The molecule has 2 aromatic carbocycles. The first-order valence-electron chi connectivity index (χ1n) is 8.99. The molecule has 3 rings (SSSR count). The quantitative estimate of drug-likeness (QED) is 0.552. The first-order chi connectivity index (χ1) is 14.0. The highest BCUT2D eigenvalue weighted by atomic mass is 79.9. The topological polar surface area (TPSA) is 93.3 Å². The van der Waals surface area contributed by atoms with Gasteiger partial charge in [-0.1, -0.05) is 19.1 Å². The summed E-state index contributed by atoms with van der Waals surface area (Å²) in [6.07, 6.45) is 0.859. The highest BCUT2D eigenvalue weighted by Crippen LogP contribution is 2.37. The van der Waals surface area contributed by atoms with Gasteiger partial charge in [0.1, 0.15) is 0 Å². The molecule has 8 heteroatoms. The molecule has 0 aliphatic carbocycles. The highest BCUT2D eigenvalue weighted by Gasteiger charge is 2.16. The first kappa shape index (κ1) is 20.6. The minimum atomic E-state index is -0.294. The molecule has 2 N–H and O–H groups in total. The maximum atomic E-state index is 12.8. The number of anilines is 1. The second-order valence-corrected chi connectivity index (χ2v) is 7.03. The van der Waals surface area contributed by atoms with Gasteiger partial charge in [-0.05, 0) is 52.7 Å². The van der Waals surface area contributed by atoms with Gasteiger partial charge >= 0.3 is 0 Å². The minimum Gasteiger partial charge on any atom is -0.493 e. The summed E-state index contributed by atoms with van der Waals surface area (Å²) in [5, 5.41) is 9.27. The van der Waals surface area contributed by atoms with Gasteiger partial charge in [-0.3, -0.25) is 9.59 Å². The fourth-order valence-corrected chi connectivity index (χ4v) is 3.22. The SMILES string of the molecule is CCCOc1c(Br)cc(C(=O)Nc2cccc(-c3ccc(=O)[nH]n3)c2)cc1OC. The molecule has 0 atom stereocenters. The Morgan fingerprint density at radius 3 is 2.72 bits per heavy atom. The standard InChI is InChI=1S/C21H20BrN3O4/c1-3-9-29-20-16(22)11-14(12-18(20)28-2)21(27)23-15-6-4-5-13(10-15)17-7-8-19(26)25-24-17/h4-8,10-12H,3,9H2,1-2H3,(H,23,27)(H,25,26). The molecule has 0 bridgehead atoms. The Hall–Kier alpha value is -3.13. The van der Waals surface area contributed by atoms with E-state index in [9.17, 15) is 9.59 Å². The monoisotopic (exact) mass is 457 g/mol. The third-order valence-corrected chi connectivity index (χ3v) is 4.63. The van der Waals surface area contributed by atoms with Crippen LogP contribution in [-0.2, 0) is 0 Å². The number of hydrogen-bond acceptors (Lipinski definition) is 5. The normalized spacial score (nSPS) is 10.4. The number of ether oxygens (including phenoxy) is 2. The third-order valence-electron chi connectivity index (χ3n) is 4.04. The van der Waals surface area contributed by atoms with Crippen molar-refractivity contribution < 1.29 is 14.3 Å². The van der Waals surface area contributed by atoms with Crippen LogP contribution in [0.2, 0.25) is 0 Å². The van der Waals surface area contributed by atoms with Crippen molar-refractivity contribution >= 4 is 27.5 Å². The maximum absolute atomic E-state index is 12.8. The van der Waals surface area contributed by atoms with E-state index in [-0.39, 0.29) is 11.5 Å². The average Bonchev–Trinajstić information content (AvgIpc) is 2.73. The highest BCUT2D eigenvalue weighted by molar-refractivity contribution is 9.10. The molecule has 150 valence electrons. The van der Waals surface area contributed by atoms with Gasteiger partial charge in [0.25, 0.3) is 11.5 Å². The minimum absolute atomic E-state index is 0.274. The number of nitrogens with zero attached hydrogens (tertiary/aromatic N) is 1. The van der Waals surface area contributed by atoms with Gasteiger partial charge in [0.2, 0.25) is 0 Å². The Kier molecular flexibility index (Phi) is 6.66. The number of halogens is 1. The molecule has 0 saturated heterocycles. The van der Waals surface area contributed by atoms with Crippen LogP contribution in [-0.4, -0.2) is 29.8 Å². The lowest BCUT2D eigenvalue weighted by Gasteiger charge is -2.14. The zero-order valence-corrected chi connectivity index (χ0v) is 17.6. The summed E-state index contributed by atoms with van der Waals surface area (Å²) in [6.45, 7) is 2.56. The van der Waals surface area contributed by atoms with E-state index in [1.165, 1.54) is 13.2 Å². The molecule has 0 aliphatic rings. The van der Waals surface area contributed by atoms with Crippen molar-refractivity contribution in [3.8, 4) is 22.8 Å². The van der Waals surface area contributed by atoms with Crippen molar-refractivity contribution in [2.45, 2.75) is 13.3 Å². The molecular weight excluding hydrogens is 438 g/mol. The lowest BCUT2D eigenvalue weighted by atomic mass is 10.1. The summed E-state index contributed by atoms with van der Waals surface area (Å²) < 4.78 is 11.7. The van der Waals surface area contributed by atoms with E-state index in [4.69, 9.17) is 9.47 Å². The van der Waals surface area contributed by atoms with Crippen LogP contribution < -0.4 is 20.3 Å². The van der Waals surface area contributed by atoms with Gasteiger partial charge in [-0.25, -0.2) is 5.10 Å². The smallest absolute Gasteiger partial charge is 0.264 e. The number of aromatic nitrogens is 2. The zero-order valence-electron chi connectivity index (χ0n) is 16.0. The summed E-state index contributed by atoms with van der Waals surface area (Å²) in [5.41, 5.74) is 2.11. The number of nitrogens with one attached hydrogen (secondary N) is 2. The Morgan fingerprint density at radius 1 is 1.21 bits per heavy atom. The molecule has 29 heavy (non-hydrogen) atoms. The van der Waals surface area contributed by atoms with Gasteiger partial charge in [-0.2, -0.15) is 5.10 Å². The van der Waals surface area contributed by atoms with Crippen LogP contribution in [0.4, 0.5) is 5.69 Å². The zero-order chi connectivity index (χ0) is 20.8. The van der Waals surface area contributed by atoms with E-state index >= 15 is 0 Å². The third kappa shape index (κ3) is 5.03. The number of amides is 1. The number of benzene rings is 2. The van der Waals surface area contributed by atoms with Crippen molar-refractivity contribution in [2.75, 3.05) is 19.0 Å². The van der Waals surface area contributed by atoms with Crippen molar-refractivity contribution in [3.63, 3.8) is 0 Å². The van der Waals surface area contributed by atoms with Crippen LogP contribution >= 0.6 is 15.9 Å². The van der Waals surface area contributed by atoms with Gasteiger partial charge in [0.15, 0.2) is 11.5 Å². The molecule has 0 saturated carbocycles. The molecule has 0 unspecified atom stereocenters. The van der Waals surface area contributed by atoms with Crippen LogP contribution in [0.1, 0.15) is 23.7 Å². The van der Waals surface area contributed by atoms with Crippen molar-refractivity contribution in [1.29, 1.82) is 0 Å². The Balaban J connectivity index is 1.83. The van der Waals surface area contributed by atoms with E-state index in [1.807, 2.05) is 13.0 Å². The Labute approximate surface area is 176 Å². The summed E-state index contributed by atoms with van der Waals surface area (Å²) in [5.74, 6) is 0.749. The van der Waals surface area contributed by atoms with Crippen molar-refractivity contribution in [2.24, 2.45) is 0 Å². The van der Waals surface area contributed by atoms with Gasteiger partial charge in [-0.15, -0.1) is 0 Å². The summed E-state index contributed by atoms with van der Waals surface area (Å²) in [7, 11) is 1.53. The van der Waals surface area contributed by atoms with Crippen LogP contribution in [0.5, 0.6) is 11.5 Å². The van der Waals surface area contributed by atoms with Crippen LogP contribution in [0.3, 0.4) is 0 Å². The second kappa shape index (κ2) is 9.38. The molecule has 3 aromatic rings. The Bertz CT molecular complexity index is 1060. The molecule has 0 aliphatic heterocycles. The van der Waals surface area contributed by atoms with E-state index in [2.05, 4.69) is 31.4 Å².